The zero-order valence-electron chi connectivity index (χ0n) is 14.9. The third kappa shape index (κ3) is 4.89. The van der Waals surface area contributed by atoms with Crippen molar-refractivity contribution in [3.05, 3.63) is 48.5 Å². The number of carbonyl (C=O) groups is 1. The highest BCUT2D eigenvalue weighted by Gasteiger charge is 2.11. The van der Waals surface area contributed by atoms with Gasteiger partial charge in [-0.05, 0) is 43.3 Å². The summed E-state index contributed by atoms with van der Waals surface area (Å²) in [7, 11) is 0. The van der Waals surface area contributed by atoms with Gasteiger partial charge in [-0.1, -0.05) is 12.1 Å². The summed E-state index contributed by atoms with van der Waals surface area (Å²) >= 11 is 0. The monoisotopic (exact) mass is 356 g/mol. The maximum absolute atomic E-state index is 12.1. The van der Waals surface area contributed by atoms with Crippen LogP contribution in [0.1, 0.15) is 6.92 Å². The number of para-hydroxylation sites is 2. The van der Waals surface area contributed by atoms with Gasteiger partial charge in [-0.3, -0.25) is 4.79 Å². The molecule has 3 rings (SSSR count). The molecular formula is C20H24N2O4. The topological polar surface area (TPSA) is 60.0 Å². The van der Waals surface area contributed by atoms with Crippen LogP contribution in [0.4, 0.5) is 11.4 Å². The zero-order chi connectivity index (χ0) is 18.2. The predicted molar refractivity (Wildman–Crippen MR) is 101 cm³/mol. The summed E-state index contributed by atoms with van der Waals surface area (Å²) in [5.74, 6) is 0.986. The SMILES string of the molecule is CCOc1ccccc1OCC(=O)Nc1ccc(N2CCOCC2)cc1. The number of benzene rings is 2. The van der Waals surface area contributed by atoms with Crippen molar-refractivity contribution in [1.29, 1.82) is 0 Å². The highest BCUT2D eigenvalue weighted by molar-refractivity contribution is 5.92. The van der Waals surface area contributed by atoms with E-state index in [-0.39, 0.29) is 12.5 Å². The summed E-state index contributed by atoms with van der Waals surface area (Å²) in [6, 6.07) is 15.1. The molecule has 138 valence electrons. The van der Waals surface area contributed by atoms with E-state index in [4.69, 9.17) is 14.2 Å². The van der Waals surface area contributed by atoms with Crippen molar-refractivity contribution >= 4 is 17.3 Å². The predicted octanol–water partition coefficient (Wildman–Crippen LogP) is 2.94. The van der Waals surface area contributed by atoms with Crippen LogP contribution >= 0.6 is 0 Å². The first kappa shape index (κ1) is 18.1. The number of anilines is 2. The Balaban J connectivity index is 1.52. The minimum absolute atomic E-state index is 0.0741. The van der Waals surface area contributed by atoms with Crippen LogP contribution in [0.15, 0.2) is 48.5 Å². The lowest BCUT2D eigenvalue weighted by atomic mass is 10.2. The Kier molecular flexibility index (Phi) is 6.33. The summed E-state index contributed by atoms with van der Waals surface area (Å²) in [6.45, 7) is 5.65. The van der Waals surface area contributed by atoms with Crippen molar-refractivity contribution in [3.8, 4) is 11.5 Å². The van der Waals surface area contributed by atoms with Crippen LogP contribution in [0.5, 0.6) is 11.5 Å². The first-order chi connectivity index (χ1) is 12.8. The molecule has 0 atom stereocenters. The number of rotatable bonds is 7. The average molecular weight is 356 g/mol. The number of ether oxygens (including phenoxy) is 3. The van der Waals surface area contributed by atoms with E-state index in [1.54, 1.807) is 6.07 Å². The van der Waals surface area contributed by atoms with Crippen LogP contribution in [-0.4, -0.2) is 45.4 Å². The fraction of sp³-hybridized carbons (Fsp3) is 0.350. The first-order valence-electron chi connectivity index (χ1n) is 8.83. The van der Waals surface area contributed by atoms with E-state index < -0.39 is 0 Å². The maximum Gasteiger partial charge on any atom is 0.262 e. The molecule has 2 aromatic carbocycles. The fourth-order valence-electron chi connectivity index (χ4n) is 2.76. The molecule has 6 heteroatoms. The zero-order valence-corrected chi connectivity index (χ0v) is 14.9. The molecule has 26 heavy (non-hydrogen) atoms. The van der Waals surface area contributed by atoms with Crippen LogP contribution in [0, 0.1) is 0 Å². The Morgan fingerprint density at radius 3 is 2.35 bits per heavy atom. The summed E-state index contributed by atoms with van der Waals surface area (Å²) in [5.41, 5.74) is 1.88. The number of morpholine rings is 1. The lowest BCUT2D eigenvalue weighted by Crippen LogP contribution is -2.36. The Morgan fingerprint density at radius 1 is 1.04 bits per heavy atom. The molecule has 2 aromatic rings. The first-order valence-corrected chi connectivity index (χ1v) is 8.83. The standard InChI is InChI=1S/C20H24N2O4/c1-2-25-18-5-3-4-6-19(18)26-15-20(23)21-16-7-9-17(10-8-16)22-11-13-24-14-12-22/h3-10H,2,11-15H2,1H3,(H,21,23). The van der Waals surface area contributed by atoms with E-state index >= 15 is 0 Å². The van der Waals surface area contributed by atoms with Crippen molar-refractivity contribution in [2.45, 2.75) is 6.92 Å². The summed E-state index contributed by atoms with van der Waals surface area (Å²) in [4.78, 5) is 14.4. The molecule has 0 saturated carbocycles. The van der Waals surface area contributed by atoms with Gasteiger partial charge in [0, 0.05) is 24.5 Å². The second kappa shape index (κ2) is 9.10. The van der Waals surface area contributed by atoms with Gasteiger partial charge in [-0.2, -0.15) is 0 Å². The van der Waals surface area contributed by atoms with E-state index in [2.05, 4.69) is 10.2 Å². The molecule has 0 bridgehead atoms. The van der Waals surface area contributed by atoms with Gasteiger partial charge in [0.1, 0.15) is 0 Å². The minimum Gasteiger partial charge on any atom is -0.490 e. The van der Waals surface area contributed by atoms with Crippen molar-refractivity contribution in [1.82, 2.24) is 0 Å². The Labute approximate surface area is 153 Å². The Bertz CT molecular complexity index is 712. The van der Waals surface area contributed by atoms with Gasteiger partial charge < -0.3 is 24.4 Å². The lowest BCUT2D eigenvalue weighted by Gasteiger charge is -2.28. The lowest BCUT2D eigenvalue weighted by molar-refractivity contribution is -0.118. The van der Waals surface area contributed by atoms with E-state index in [0.29, 0.717) is 18.1 Å². The summed E-state index contributed by atoms with van der Waals surface area (Å²) < 4.78 is 16.4. The van der Waals surface area contributed by atoms with Crippen molar-refractivity contribution < 1.29 is 19.0 Å². The van der Waals surface area contributed by atoms with Gasteiger partial charge in [-0.15, -0.1) is 0 Å². The van der Waals surface area contributed by atoms with E-state index in [9.17, 15) is 4.79 Å². The van der Waals surface area contributed by atoms with Crippen LogP contribution in [0.3, 0.4) is 0 Å². The molecule has 0 unspecified atom stereocenters. The molecule has 0 spiro atoms. The third-order valence-electron chi connectivity index (χ3n) is 4.04. The van der Waals surface area contributed by atoms with Gasteiger partial charge in [-0.25, -0.2) is 0 Å². The normalized spacial score (nSPS) is 14.0. The number of nitrogens with one attached hydrogen (secondary N) is 1. The minimum atomic E-state index is -0.213. The fourth-order valence-corrected chi connectivity index (χ4v) is 2.76. The number of nitrogens with zero attached hydrogens (tertiary/aromatic N) is 1. The quantitative estimate of drug-likeness (QED) is 0.827. The number of hydrogen-bond donors (Lipinski definition) is 1. The van der Waals surface area contributed by atoms with E-state index in [1.165, 1.54) is 0 Å². The number of amides is 1. The van der Waals surface area contributed by atoms with Gasteiger partial charge in [0.25, 0.3) is 5.91 Å². The number of hydrogen-bond acceptors (Lipinski definition) is 5. The largest absolute Gasteiger partial charge is 0.490 e. The van der Waals surface area contributed by atoms with Crippen LogP contribution in [-0.2, 0) is 9.53 Å². The van der Waals surface area contributed by atoms with Crippen molar-refractivity contribution in [2.75, 3.05) is 49.7 Å². The smallest absolute Gasteiger partial charge is 0.262 e. The van der Waals surface area contributed by atoms with Crippen molar-refractivity contribution in [3.63, 3.8) is 0 Å². The average Bonchev–Trinajstić information content (AvgIpc) is 2.69. The molecule has 6 nitrogen and oxygen atoms in total. The molecular weight excluding hydrogens is 332 g/mol. The van der Waals surface area contributed by atoms with Crippen molar-refractivity contribution in [2.24, 2.45) is 0 Å². The van der Waals surface area contributed by atoms with Gasteiger partial charge >= 0.3 is 0 Å². The maximum atomic E-state index is 12.1. The van der Waals surface area contributed by atoms with Gasteiger partial charge in [0.2, 0.25) is 0 Å². The molecule has 0 radical (unpaired) electrons. The van der Waals surface area contributed by atoms with E-state index in [0.717, 1.165) is 37.7 Å². The number of carbonyl (C=O) groups excluding carboxylic acids is 1. The molecule has 1 aliphatic rings. The molecule has 1 N–H and O–H groups in total. The third-order valence-corrected chi connectivity index (χ3v) is 4.04. The highest BCUT2D eigenvalue weighted by atomic mass is 16.5. The second-order valence-electron chi connectivity index (χ2n) is 5.86. The van der Waals surface area contributed by atoms with Gasteiger partial charge in [0.05, 0.1) is 19.8 Å². The van der Waals surface area contributed by atoms with Gasteiger partial charge in [0.15, 0.2) is 18.1 Å². The summed E-state index contributed by atoms with van der Waals surface area (Å²) in [6.07, 6.45) is 0. The van der Waals surface area contributed by atoms with Crippen LogP contribution in [0.25, 0.3) is 0 Å². The highest BCUT2D eigenvalue weighted by Crippen LogP contribution is 2.26. The molecule has 0 aliphatic carbocycles. The molecule has 1 amide bonds. The molecule has 0 aromatic heterocycles. The Hall–Kier alpha value is -2.73. The van der Waals surface area contributed by atoms with Crippen LogP contribution < -0.4 is 19.7 Å². The second-order valence-corrected chi connectivity index (χ2v) is 5.86. The molecule has 1 saturated heterocycles. The van der Waals surface area contributed by atoms with Crippen LogP contribution in [0.2, 0.25) is 0 Å². The summed E-state index contributed by atoms with van der Waals surface area (Å²) in [5, 5.41) is 2.85. The van der Waals surface area contributed by atoms with E-state index in [1.807, 2.05) is 49.4 Å². The molecule has 1 heterocycles. The molecule has 1 fully saturated rings. The molecule has 1 aliphatic heterocycles. The Morgan fingerprint density at radius 2 is 1.69 bits per heavy atom.